The van der Waals surface area contributed by atoms with E-state index in [4.69, 9.17) is 17.2 Å². The van der Waals surface area contributed by atoms with Gasteiger partial charge in [-0.25, -0.2) is 4.79 Å². The molecule has 0 radical (unpaired) electrons. The van der Waals surface area contributed by atoms with Gasteiger partial charge in [-0.1, -0.05) is 102 Å². The maximum absolute atomic E-state index is 15.3. The highest BCUT2D eigenvalue weighted by atomic mass is 79.9. The number of aliphatic carboxylic acids is 2. The van der Waals surface area contributed by atoms with Crippen molar-refractivity contribution in [1.29, 1.82) is 0 Å². The first-order chi connectivity index (χ1) is 55.0. The number of aromatic amines is 1. The van der Waals surface area contributed by atoms with E-state index >= 15 is 14.4 Å². The van der Waals surface area contributed by atoms with Crippen molar-refractivity contribution >= 4 is 138 Å². The number of aliphatic hydroxyl groups is 2. The Morgan fingerprint density at radius 2 is 1.19 bits per heavy atom. The zero-order valence-electron chi connectivity index (χ0n) is 67.5. The molecule has 2 aliphatic rings. The first-order valence-corrected chi connectivity index (χ1v) is 40.6. The minimum absolute atomic E-state index is 0.000767. The molecule has 2 aliphatic heterocycles. The van der Waals surface area contributed by atoms with Gasteiger partial charge in [0.05, 0.1) is 12.5 Å². The van der Waals surface area contributed by atoms with Gasteiger partial charge in [0.15, 0.2) is 5.96 Å². The number of carboxylic acid groups (broad SMARTS) is 2. The van der Waals surface area contributed by atoms with Crippen molar-refractivity contribution < 1.29 is 110 Å². The van der Waals surface area contributed by atoms with E-state index in [1.807, 2.05) is 0 Å². The molecule has 0 spiro atoms. The van der Waals surface area contributed by atoms with Crippen LogP contribution in [0.4, 0.5) is 0 Å². The molecule has 652 valence electrons. The standard InChI is InChI=1S/C75H111BrN18O23S/c1-12-75(9,10)59(91-67(108)58(74(6,7)8)90-66(107)51-22-17-31-94(51)71(112)56(89-60(101)38(4)82-36-95)57(100)40-23-25-42(76)26-24-40)68(109)84-46(32-41-34-81-44-19-14-13-18-43(41)44)62(103)83-45(20-15-29-80-73(78)79)61(102)86-48(35-118(115,116)117)63(104)88-55(39(5)96)69(110)92(11)49(27-28-52(77)97)64(105)87-54(37(2)3)70(111)93-30-16-21-50(93)65(106)85-47(72(113)114)33-53(98)99/h13-14,18-19,23-26,34,36-39,45-51,54-59,81,96,100H,12,15-17,20-22,27-33,35H2,1-11H3,(H2,77,97)(H,82,95)(H,83,103)(H,84,109)(H,85,106)(H,86,102)(H,87,105)(H,88,104)(H,89,101)(H,90,107)(H,91,108)(H,98,99)(H,113,114)(H4,78,79,80)(H,115,116,117)/t38-,39-,45+,46-,47-,48-,49+,50+,51+,54-,55+,56+,57?,58+,59-/m1/s1. The number of para-hydroxylation sites is 1. The molecule has 1 unspecified atom stereocenters. The average molecular weight is 1740 g/mol. The number of carbonyl (C=O) groups is 16. The summed E-state index contributed by atoms with van der Waals surface area (Å²) in [6, 6.07) is -8.79. The van der Waals surface area contributed by atoms with Gasteiger partial charge in [0.1, 0.15) is 90.4 Å². The van der Waals surface area contributed by atoms with Crippen LogP contribution in [0.2, 0.25) is 0 Å². The minimum atomic E-state index is -5.34. The van der Waals surface area contributed by atoms with Gasteiger partial charge >= 0.3 is 11.9 Å². The Labute approximate surface area is 690 Å². The third-order valence-electron chi connectivity index (χ3n) is 20.5. The number of rotatable bonds is 44. The Morgan fingerprint density at radius 1 is 0.661 bits per heavy atom. The SMILES string of the molecule is CCC(C)(C)[C@H](NC(=O)[C@H](NC(=O)[C@@H]1CCCN1C(=O)[C@@H](NC(=O)[C@@H](C)NC=O)C(O)c1ccc(Br)cc1)C(C)(C)C)C(=O)N[C@H](Cc1c[nH]c2ccccc12)C(=O)N[C@@H](CCCN=C(N)N)C(=O)N[C@H](CS(=O)(=O)O)C(=O)N[C@H](C(=O)N(C)[C@@H](CCC(N)=O)C(=O)N[C@@H](C(=O)N1CCC[C@H]1C(=O)N[C@H](CC(=O)O)C(=O)O)C(C)C)[C@@H](C)O. The lowest BCUT2D eigenvalue weighted by atomic mass is 9.80. The Morgan fingerprint density at radius 3 is 1.73 bits per heavy atom. The molecule has 14 amide bonds. The van der Waals surface area contributed by atoms with Gasteiger partial charge in [0, 0.05) is 61.1 Å². The lowest BCUT2D eigenvalue weighted by Crippen LogP contribution is -2.64. The van der Waals surface area contributed by atoms with Crippen LogP contribution in [0.3, 0.4) is 0 Å². The van der Waals surface area contributed by atoms with Gasteiger partial charge in [-0.15, -0.1) is 0 Å². The Hall–Kier alpha value is -10.9. The first kappa shape index (κ1) is 97.7. The van der Waals surface area contributed by atoms with Gasteiger partial charge in [0.2, 0.25) is 83.2 Å². The number of benzene rings is 2. The fraction of sp³-hybridized carbons (Fsp3) is 0.587. The number of hydrogen-bond acceptors (Lipinski definition) is 21. The fourth-order valence-corrected chi connectivity index (χ4v) is 14.3. The lowest BCUT2D eigenvalue weighted by molar-refractivity contribution is -0.149. The zero-order valence-corrected chi connectivity index (χ0v) is 69.9. The molecule has 2 aromatic carbocycles. The highest BCUT2D eigenvalue weighted by Gasteiger charge is 2.48. The molecule has 3 aromatic rings. The quantitative estimate of drug-likeness (QED) is 0.00871. The van der Waals surface area contributed by atoms with E-state index in [0.717, 1.165) is 23.8 Å². The van der Waals surface area contributed by atoms with Crippen LogP contribution in [0.25, 0.3) is 10.9 Å². The van der Waals surface area contributed by atoms with Crippen molar-refractivity contribution in [2.45, 2.75) is 231 Å². The number of aromatic nitrogens is 1. The highest BCUT2D eigenvalue weighted by molar-refractivity contribution is 9.10. The van der Waals surface area contributed by atoms with Crippen molar-refractivity contribution in [3.63, 3.8) is 0 Å². The number of fused-ring (bicyclic) bond motifs is 1. The largest absolute Gasteiger partial charge is 0.481 e. The molecule has 2 fully saturated rings. The summed E-state index contributed by atoms with van der Waals surface area (Å²) in [7, 11) is -4.35. The second kappa shape index (κ2) is 43.5. The number of nitrogens with one attached hydrogen (secondary N) is 11. The number of hydrogen-bond donors (Lipinski definition) is 19. The number of likely N-dealkylation sites (N-methyl/N-ethyl adjacent to an activating group) is 1. The molecule has 5 rings (SSSR count). The van der Waals surface area contributed by atoms with Crippen molar-refractivity contribution in [1.82, 2.24) is 72.9 Å². The molecule has 0 aliphatic carbocycles. The number of aliphatic hydroxyl groups excluding tert-OH is 2. The highest BCUT2D eigenvalue weighted by Crippen LogP contribution is 2.31. The molecule has 3 heterocycles. The molecule has 0 bridgehead atoms. The third-order valence-corrected chi connectivity index (χ3v) is 21.8. The van der Waals surface area contributed by atoms with Crippen LogP contribution in [-0.2, 0) is 93.3 Å². The number of carboxylic acids is 2. The van der Waals surface area contributed by atoms with Crippen LogP contribution < -0.4 is 70.4 Å². The summed E-state index contributed by atoms with van der Waals surface area (Å²) >= 11 is 3.33. The minimum Gasteiger partial charge on any atom is -0.481 e. The van der Waals surface area contributed by atoms with Crippen molar-refractivity contribution in [2.24, 2.45) is 38.9 Å². The number of H-pyrrole nitrogens is 1. The first-order valence-electron chi connectivity index (χ1n) is 38.2. The summed E-state index contributed by atoms with van der Waals surface area (Å²) in [5, 5.41) is 66.9. The van der Waals surface area contributed by atoms with E-state index in [9.17, 15) is 95.7 Å². The molecule has 0 saturated carbocycles. The molecule has 118 heavy (non-hydrogen) atoms. The lowest BCUT2D eigenvalue weighted by Gasteiger charge is -2.38. The normalized spacial score (nSPS) is 17.6. The molecule has 43 heteroatoms. The average Bonchev–Trinajstić information content (AvgIpc) is 1.64. The van der Waals surface area contributed by atoms with E-state index in [2.05, 4.69) is 79.1 Å². The number of guanidine groups is 1. The van der Waals surface area contributed by atoms with Crippen LogP contribution in [0.15, 0.2) is 64.2 Å². The zero-order chi connectivity index (χ0) is 88.8. The second-order valence-electron chi connectivity index (χ2n) is 31.3. The summed E-state index contributed by atoms with van der Waals surface area (Å²) in [6.07, 6.45) is -4.22. The topological polar surface area (TPSA) is 645 Å². The number of primary amides is 1. The van der Waals surface area contributed by atoms with Gasteiger partial charge in [-0.3, -0.25) is 81.5 Å². The molecule has 15 atom stereocenters. The van der Waals surface area contributed by atoms with E-state index in [1.54, 1.807) is 84.1 Å². The number of nitrogens with two attached hydrogens (primary N) is 3. The Kier molecular flexibility index (Phi) is 36.0. The smallest absolute Gasteiger partial charge is 0.326 e. The van der Waals surface area contributed by atoms with Crippen molar-refractivity contribution in [3.05, 3.63) is 70.3 Å². The number of carbonyl (C=O) groups excluding carboxylic acids is 14. The van der Waals surface area contributed by atoms with Gasteiger partial charge < -0.3 is 110 Å². The molecule has 1 aromatic heterocycles. The maximum Gasteiger partial charge on any atom is 0.326 e. The molecular weight excluding hydrogens is 1630 g/mol. The number of halogens is 1. The van der Waals surface area contributed by atoms with E-state index < -0.39 is 244 Å². The Bertz CT molecular complexity index is 4310. The summed E-state index contributed by atoms with van der Waals surface area (Å²) in [5.41, 5.74) is 15.6. The predicted octanol–water partition coefficient (Wildman–Crippen LogP) is -3.20. The molecule has 41 nitrogen and oxygen atoms in total. The second-order valence-corrected chi connectivity index (χ2v) is 33.7. The number of nitrogens with zero attached hydrogens (tertiary/aromatic N) is 4. The molecular formula is C75H111BrN18O23S. The van der Waals surface area contributed by atoms with E-state index in [-0.39, 0.29) is 76.6 Å². The molecule has 2 saturated heterocycles. The monoisotopic (exact) mass is 1740 g/mol. The van der Waals surface area contributed by atoms with E-state index in [0.29, 0.717) is 25.8 Å². The van der Waals surface area contributed by atoms with Crippen molar-refractivity contribution in [3.8, 4) is 0 Å². The summed E-state index contributed by atoms with van der Waals surface area (Å²) < 4.78 is 36.6. The Balaban J connectivity index is 1.46. The van der Waals surface area contributed by atoms with Crippen LogP contribution in [0.1, 0.15) is 151 Å². The number of aliphatic imine (C=N–C) groups is 1. The summed E-state index contributed by atoms with van der Waals surface area (Å²) in [6.45, 7) is 14.8. The van der Waals surface area contributed by atoms with Crippen LogP contribution >= 0.6 is 15.9 Å². The summed E-state index contributed by atoms with van der Waals surface area (Å²) in [4.78, 5) is 231. The predicted molar refractivity (Wildman–Crippen MR) is 428 cm³/mol. The summed E-state index contributed by atoms with van der Waals surface area (Å²) in [5.74, 6) is -19.8. The van der Waals surface area contributed by atoms with Crippen LogP contribution in [0.5, 0.6) is 0 Å². The molecule has 22 N–H and O–H groups in total. The maximum atomic E-state index is 15.3. The third kappa shape index (κ3) is 27.9. The van der Waals surface area contributed by atoms with Crippen LogP contribution in [0, 0.1) is 16.7 Å². The van der Waals surface area contributed by atoms with Crippen molar-refractivity contribution in [2.75, 3.05) is 32.4 Å². The fourth-order valence-electron chi connectivity index (χ4n) is 13.4. The number of likely N-dealkylation sites (tertiary alicyclic amines) is 2. The number of amides is 14. The van der Waals surface area contributed by atoms with Gasteiger partial charge in [-0.05, 0) is 111 Å². The van der Waals surface area contributed by atoms with Crippen LogP contribution in [-0.4, -0.2) is 271 Å². The van der Waals surface area contributed by atoms with E-state index in [1.165, 1.54) is 32.9 Å². The van der Waals surface area contributed by atoms with Gasteiger partial charge in [0.25, 0.3) is 10.1 Å². The van der Waals surface area contributed by atoms with Gasteiger partial charge in [-0.2, -0.15) is 8.42 Å².